The number of rotatable bonds is 20. The Kier molecular flexibility index (Phi) is 12.9. The van der Waals surface area contributed by atoms with Crippen LogP contribution < -0.4 is 21.3 Å². The SMILES string of the molecule is CC(OCCOCCOCCCc1cccc2c1C(=O)N(C1CCC(=O)NC1=O)C2=O)C(F)CNC(=O)c1cnc(Nc2ccc3cnccc3n2)cc1NC1CC1. The predicted molar refractivity (Wildman–Crippen MR) is 209 cm³/mol. The second kappa shape index (κ2) is 18.6. The number of benzene rings is 1. The summed E-state index contributed by atoms with van der Waals surface area (Å²) >= 11 is 0. The summed E-state index contributed by atoms with van der Waals surface area (Å²) in [6.45, 7) is 2.69. The van der Waals surface area contributed by atoms with E-state index in [4.69, 9.17) is 14.2 Å². The number of carbonyl (C=O) groups excluding carboxylic acids is 5. The first-order valence-corrected chi connectivity index (χ1v) is 19.4. The molecule has 1 aliphatic carbocycles. The molecule has 16 nitrogen and oxygen atoms in total. The van der Waals surface area contributed by atoms with E-state index in [0.717, 1.165) is 28.6 Å². The lowest BCUT2D eigenvalue weighted by atomic mass is 9.99. The lowest BCUT2D eigenvalue weighted by molar-refractivity contribution is -0.136. The summed E-state index contributed by atoms with van der Waals surface area (Å²) < 4.78 is 31.8. The number of aromatic nitrogens is 3. The average molecular weight is 797 g/mol. The minimum absolute atomic E-state index is 0.0582. The molecule has 2 aliphatic heterocycles. The van der Waals surface area contributed by atoms with E-state index in [-0.39, 0.29) is 56.4 Å². The lowest BCUT2D eigenvalue weighted by Crippen LogP contribution is -2.54. The largest absolute Gasteiger partial charge is 0.382 e. The van der Waals surface area contributed by atoms with E-state index in [9.17, 15) is 24.0 Å². The number of alkyl halides is 1. The zero-order valence-corrected chi connectivity index (χ0v) is 32.0. The summed E-state index contributed by atoms with van der Waals surface area (Å²) in [4.78, 5) is 77.5. The first kappa shape index (κ1) is 40.3. The highest BCUT2D eigenvalue weighted by Gasteiger charge is 2.45. The number of hydrogen-bond donors (Lipinski definition) is 4. The number of anilines is 3. The minimum atomic E-state index is -1.46. The van der Waals surface area contributed by atoms with Gasteiger partial charge in [-0.05, 0) is 68.9 Å². The van der Waals surface area contributed by atoms with Crippen LogP contribution in [0.25, 0.3) is 10.9 Å². The van der Waals surface area contributed by atoms with Gasteiger partial charge in [0.25, 0.3) is 17.7 Å². The molecule has 0 spiro atoms. The molecule has 58 heavy (non-hydrogen) atoms. The van der Waals surface area contributed by atoms with Crippen LogP contribution in [0, 0.1) is 0 Å². The van der Waals surface area contributed by atoms with Crippen molar-refractivity contribution in [2.24, 2.45) is 0 Å². The third-order valence-electron chi connectivity index (χ3n) is 10.1. The highest BCUT2D eigenvalue weighted by molar-refractivity contribution is 6.24. The number of fused-ring (bicyclic) bond motifs is 2. The van der Waals surface area contributed by atoms with Gasteiger partial charge in [-0.3, -0.25) is 39.2 Å². The van der Waals surface area contributed by atoms with Crippen LogP contribution in [0.3, 0.4) is 0 Å². The number of pyridine rings is 3. The maximum absolute atomic E-state index is 15.0. The summed E-state index contributed by atoms with van der Waals surface area (Å²) in [6.07, 6.45) is 5.81. The molecule has 2 fully saturated rings. The molecular weight excluding hydrogens is 751 g/mol. The fraction of sp³-hybridized carbons (Fsp3) is 0.415. The molecular formula is C41H45FN8O8. The summed E-state index contributed by atoms with van der Waals surface area (Å²) in [5.41, 5.74) is 2.91. The normalized spacial score (nSPS) is 17.6. The Labute approximate surface area is 333 Å². The van der Waals surface area contributed by atoms with Crippen molar-refractivity contribution in [1.29, 1.82) is 0 Å². The molecule has 4 aromatic rings. The average Bonchev–Trinajstić information content (AvgIpc) is 4.00. The van der Waals surface area contributed by atoms with Gasteiger partial charge in [-0.2, -0.15) is 0 Å². The maximum Gasteiger partial charge on any atom is 0.262 e. The van der Waals surface area contributed by atoms with Gasteiger partial charge in [-0.1, -0.05) is 12.1 Å². The van der Waals surface area contributed by atoms with Crippen molar-refractivity contribution in [2.45, 2.75) is 69.8 Å². The fourth-order valence-corrected chi connectivity index (χ4v) is 6.77. The number of piperidine rings is 1. The summed E-state index contributed by atoms with van der Waals surface area (Å²) in [5.74, 6) is -1.49. The van der Waals surface area contributed by atoms with E-state index in [0.29, 0.717) is 54.5 Å². The number of nitrogens with zero attached hydrogens (tertiary/aromatic N) is 4. The van der Waals surface area contributed by atoms with Crippen LogP contribution in [0.15, 0.2) is 61.1 Å². The van der Waals surface area contributed by atoms with Crippen LogP contribution in [0.5, 0.6) is 0 Å². The summed E-state index contributed by atoms with van der Waals surface area (Å²) in [7, 11) is 0. The number of halogens is 1. The maximum atomic E-state index is 15.0. The Bertz CT molecular complexity index is 2190. The smallest absolute Gasteiger partial charge is 0.262 e. The Hall–Kier alpha value is -5.91. The number of aryl methyl sites for hydroxylation is 1. The zero-order chi connectivity index (χ0) is 40.6. The van der Waals surface area contributed by atoms with Crippen molar-refractivity contribution in [3.05, 3.63) is 83.3 Å². The third kappa shape index (κ3) is 9.78. The van der Waals surface area contributed by atoms with Gasteiger partial charge in [0, 0.05) is 49.1 Å². The van der Waals surface area contributed by atoms with Crippen LogP contribution in [-0.4, -0.2) is 113 Å². The van der Waals surface area contributed by atoms with Gasteiger partial charge in [0.05, 0.1) is 67.0 Å². The van der Waals surface area contributed by atoms with Crippen LogP contribution >= 0.6 is 0 Å². The Morgan fingerprint density at radius 3 is 2.59 bits per heavy atom. The van der Waals surface area contributed by atoms with Crippen LogP contribution in [-0.2, 0) is 30.2 Å². The molecule has 5 amide bonds. The molecule has 7 rings (SSSR count). The molecule has 1 saturated heterocycles. The van der Waals surface area contributed by atoms with Gasteiger partial charge < -0.3 is 30.2 Å². The topological polar surface area (TPSA) is 203 Å². The minimum Gasteiger partial charge on any atom is -0.382 e. The second-order valence-electron chi connectivity index (χ2n) is 14.3. The molecule has 3 unspecified atom stereocenters. The monoisotopic (exact) mass is 796 g/mol. The molecule has 4 N–H and O–H groups in total. The summed E-state index contributed by atoms with van der Waals surface area (Å²) in [5, 5.41) is 12.3. The predicted octanol–water partition coefficient (Wildman–Crippen LogP) is 3.88. The molecule has 3 atom stereocenters. The van der Waals surface area contributed by atoms with Crippen molar-refractivity contribution in [2.75, 3.05) is 50.2 Å². The van der Waals surface area contributed by atoms with Crippen molar-refractivity contribution < 1.29 is 42.6 Å². The molecule has 1 saturated carbocycles. The van der Waals surface area contributed by atoms with Crippen molar-refractivity contribution in [3.63, 3.8) is 0 Å². The van der Waals surface area contributed by atoms with Gasteiger partial charge >= 0.3 is 0 Å². The van der Waals surface area contributed by atoms with Crippen LogP contribution in [0.2, 0.25) is 0 Å². The fourth-order valence-electron chi connectivity index (χ4n) is 6.77. The zero-order valence-electron chi connectivity index (χ0n) is 32.0. The molecule has 17 heteroatoms. The van der Waals surface area contributed by atoms with E-state index in [1.807, 2.05) is 18.2 Å². The lowest BCUT2D eigenvalue weighted by Gasteiger charge is -2.27. The van der Waals surface area contributed by atoms with E-state index >= 15 is 4.39 Å². The van der Waals surface area contributed by atoms with E-state index in [1.54, 1.807) is 43.6 Å². The van der Waals surface area contributed by atoms with Crippen LogP contribution in [0.1, 0.15) is 75.7 Å². The highest BCUT2D eigenvalue weighted by atomic mass is 19.1. The quantitative estimate of drug-likeness (QED) is 0.0742. The highest BCUT2D eigenvalue weighted by Crippen LogP contribution is 2.31. The van der Waals surface area contributed by atoms with Crippen LogP contribution in [0.4, 0.5) is 21.7 Å². The molecule has 1 aromatic carbocycles. The van der Waals surface area contributed by atoms with Gasteiger partial charge in [0.2, 0.25) is 11.8 Å². The van der Waals surface area contributed by atoms with Gasteiger partial charge in [-0.25, -0.2) is 14.4 Å². The number of hydrogen-bond acceptors (Lipinski definition) is 13. The first-order chi connectivity index (χ1) is 28.2. The first-order valence-electron chi connectivity index (χ1n) is 19.4. The van der Waals surface area contributed by atoms with Gasteiger partial charge in [0.15, 0.2) is 0 Å². The molecule has 0 radical (unpaired) electrons. The van der Waals surface area contributed by atoms with Crippen molar-refractivity contribution >= 4 is 57.8 Å². The standard InChI is InChI=1S/C41H45FN8O8/c1-24(30(42)23-45-38(52)29-22-44-35(20-32(29)46-27-8-9-27)48-34-11-7-26-21-43-14-13-31(26)47-34)58-19-18-57-17-16-56-15-3-5-25-4-2-6-28-37(25)41(55)50(40(28)54)33-10-12-36(51)49-39(33)53/h2,4,6-7,11,13-14,20-22,24,27,30,33H,3,5,8-10,12,15-19,23H2,1H3,(H,45,52)(H,49,51,53)(H2,44,46,47,48). The third-order valence-corrected chi connectivity index (χ3v) is 10.1. The molecule has 5 heterocycles. The Balaban J connectivity index is 0.775. The number of amides is 5. The van der Waals surface area contributed by atoms with Gasteiger partial charge in [0.1, 0.15) is 23.8 Å². The Morgan fingerprint density at radius 1 is 0.966 bits per heavy atom. The van der Waals surface area contributed by atoms with Crippen molar-refractivity contribution in [1.82, 2.24) is 30.5 Å². The van der Waals surface area contributed by atoms with E-state index in [2.05, 4.69) is 36.2 Å². The number of carbonyl (C=O) groups is 5. The van der Waals surface area contributed by atoms with Crippen molar-refractivity contribution in [3.8, 4) is 0 Å². The van der Waals surface area contributed by atoms with Gasteiger partial charge in [-0.15, -0.1) is 0 Å². The summed E-state index contributed by atoms with van der Waals surface area (Å²) in [6, 6.07) is 11.6. The molecule has 3 aromatic heterocycles. The van der Waals surface area contributed by atoms with E-state index in [1.165, 1.54) is 6.20 Å². The molecule has 0 bridgehead atoms. The van der Waals surface area contributed by atoms with E-state index < -0.39 is 47.9 Å². The Morgan fingerprint density at radius 2 is 1.78 bits per heavy atom. The number of imide groups is 2. The second-order valence-corrected chi connectivity index (χ2v) is 14.3. The molecule has 3 aliphatic rings. The molecule has 304 valence electrons. The number of ether oxygens (including phenoxy) is 3. The number of nitrogens with one attached hydrogen (secondary N) is 4.